The molecule has 0 radical (unpaired) electrons. The van der Waals surface area contributed by atoms with E-state index in [4.69, 9.17) is 11.6 Å². The highest BCUT2D eigenvalue weighted by atomic mass is 79.9. The minimum atomic E-state index is -0.674. The van der Waals surface area contributed by atoms with E-state index in [1.807, 2.05) is 30.3 Å². The molecule has 2 aromatic carbocycles. The van der Waals surface area contributed by atoms with Crippen molar-refractivity contribution in [2.24, 2.45) is 0 Å². The van der Waals surface area contributed by atoms with Gasteiger partial charge in [-0.05, 0) is 29.3 Å². The Bertz CT molecular complexity index is 933. The van der Waals surface area contributed by atoms with Crippen LogP contribution in [0.2, 0.25) is 0 Å². The topological polar surface area (TPSA) is 65.7 Å². The van der Waals surface area contributed by atoms with Crippen LogP contribution in [-0.2, 0) is 0 Å². The van der Waals surface area contributed by atoms with Gasteiger partial charge < -0.3 is 9.97 Å². The molecule has 0 saturated carbocycles. The Hall–Kier alpha value is -1.85. The number of rotatable bonds is 2. The van der Waals surface area contributed by atoms with E-state index in [2.05, 4.69) is 25.9 Å². The van der Waals surface area contributed by atoms with Gasteiger partial charge in [-0.15, -0.1) is 11.6 Å². The zero-order valence-electron chi connectivity index (χ0n) is 10.7. The summed E-state index contributed by atoms with van der Waals surface area (Å²) >= 11 is 9.99. The van der Waals surface area contributed by atoms with Crippen molar-refractivity contribution in [2.75, 3.05) is 0 Å². The maximum atomic E-state index is 11.4. The van der Waals surface area contributed by atoms with Gasteiger partial charge in [0.1, 0.15) is 0 Å². The van der Waals surface area contributed by atoms with Crippen molar-refractivity contribution >= 4 is 38.6 Å². The monoisotopic (exact) mass is 364 g/mol. The van der Waals surface area contributed by atoms with Crippen LogP contribution in [0.1, 0.15) is 16.5 Å². The molecule has 6 heteroatoms. The van der Waals surface area contributed by atoms with Gasteiger partial charge in [-0.1, -0.05) is 40.2 Å². The summed E-state index contributed by atoms with van der Waals surface area (Å²) in [6, 6.07) is 13.0. The minimum absolute atomic E-state index is 0.361. The minimum Gasteiger partial charge on any atom is -0.316 e. The molecule has 0 aliphatic carbocycles. The van der Waals surface area contributed by atoms with Gasteiger partial charge in [0.25, 0.3) is 0 Å². The van der Waals surface area contributed by atoms with Crippen molar-refractivity contribution in [1.29, 1.82) is 0 Å². The zero-order chi connectivity index (χ0) is 15.0. The Kier molecular flexibility index (Phi) is 3.69. The van der Waals surface area contributed by atoms with Gasteiger partial charge >= 0.3 is 11.1 Å². The molecular formula is C15H10BrClN2O2. The van der Waals surface area contributed by atoms with Crippen molar-refractivity contribution in [3.8, 4) is 0 Å². The molecule has 106 valence electrons. The van der Waals surface area contributed by atoms with E-state index >= 15 is 0 Å². The highest BCUT2D eigenvalue weighted by molar-refractivity contribution is 9.10. The average molecular weight is 366 g/mol. The summed E-state index contributed by atoms with van der Waals surface area (Å²) in [6.07, 6.45) is 0. The number of aromatic nitrogens is 2. The third-order valence-corrected chi connectivity index (χ3v) is 4.43. The van der Waals surface area contributed by atoms with E-state index in [1.54, 1.807) is 12.1 Å². The molecule has 0 fully saturated rings. The number of nitrogens with one attached hydrogen (secondary N) is 2. The molecule has 0 bridgehead atoms. The van der Waals surface area contributed by atoms with Gasteiger partial charge in [0.15, 0.2) is 0 Å². The van der Waals surface area contributed by atoms with Gasteiger partial charge in [-0.25, -0.2) is 0 Å². The lowest BCUT2D eigenvalue weighted by molar-refractivity contribution is 1.11. The molecule has 4 nitrogen and oxygen atoms in total. The van der Waals surface area contributed by atoms with Gasteiger partial charge in [-0.3, -0.25) is 9.59 Å². The summed E-state index contributed by atoms with van der Waals surface area (Å²) < 4.78 is 0.917. The van der Waals surface area contributed by atoms with E-state index in [0.717, 1.165) is 15.6 Å². The molecule has 21 heavy (non-hydrogen) atoms. The Labute approximate surface area is 132 Å². The van der Waals surface area contributed by atoms with E-state index < -0.39 is 11.1 Å². The van der Waals surface area contributed by atoms with Crippen LogP contribution in [0, 0.1) is 0 Å². The number of H-pyrrole nitrogens is 2. The van der Waals surface area contributed by atoms with E-state index in [9.17, 15) is 9.59 Å². The van der Waals surface area contributed by atoms with Gasteiger partial charge in [0, 0.05) is 4.47 Å². The summed E-state index contributed by atoms with van der Waals surface area (Å²) in [6.45, 7) is 0. The number of alkyl halides is 1. The quantitative estimate of drug-likeness (QED) is 0.540. The van der Waals surface area contributed by atoms with E-state index in [1.165, 1.54) is 0 Å². The first-order valence-electron chi connectivity index (χ1n) is 6.21. The fraction of sp³-hybridized carbons (Fsp3) is 0.0667. The molecule has 2 N–H and O–H groups in total. The van der Waals surface area contributed by atoms with Crippen molar-refractivity contribution in [3.05, 3.63) is 78.8 Å². The molecule has 3 aromatic rings. The lowest BCUT2D eigenvalue weighted by atomic mass is 10.0. The SMILES string of the molecule is O=c1[nH]c2ccc(C(Cl)c3ccccc3Br)cc2[nH]c1=O. The van der Waals surface area contributed by atoms with Crippen LogP contribution in [0.15, 0.2) is 56.5 Å². The number of fused-ring (bicyclic) bond motifs is 1. The molecule has 3 rings (SSSR count). The first kappa shape index (κ1) is 14.1. The Balaban J connectivity index is 2.13. The molecule has 1 atom stereocenters. The summed E-state index contributed by atoms with van der Waals surface area (Å²) in [5.74, 6) is 0. The first-order valence-corrected chi connectivity index (χ1v) is 7.44. The van der Waals surface area contributed by atoms with Crippen LogP contribution in [0.3, 0.4) is 0 Å². The predicted octanol–water partition coefficient (Wildman–Crippen LogP) is 3.31. The van der Waals surface area contributed by atoms with Crippen molar-refractivity contribution in [3.63, 3.8) is 0 Å². The lowest BCUT2D eigenvalue weighted by Crippen LogP contribution is -2.28. The fourth-order valence-electron chi connectivity index (χ4n) is 2.15. The normalized spacial score (nSPS) is 12.5. The number of aromatic amines is 2. The summed E-state index contributed by atoms with van der Waals surface area (Å²) in [5, 5.41) is -0.361. The predicted molar refractivity (Wildman–Crippen MR) is 87.0 cm³/mol. The Morgan fingerprint density at radius 1 is 0.952 bits per heavy atom. The lowest BCUT2D eigenvalue weighted by Gasteiger charge is -2.12. The second-order valence-corrected chi connectivity index (χ2v) is 5.89. The van der Waals surface area contributed by atoms with Crippen molar-refractivity contribution < 1.29 is 0 Å². The Morgan fingerprint density at radius 3 is 2.33 bits per heavy atom. The van der Waals surface area contributed by atoms with Crippen LogP contribution in [0.5, 0.6) is 0 Å². The molecule has 1 aromatic heterocycles. The van der Waals surface area contributed by atoms with Crippen molar-refractivity contribution in [1.82, 2.24) is 9.97 Å². The number of halogens is 2. The van der Waals surface area contributed by atoms with Gasteiger partial charge in [0.05, 0.1) is 16.4 Å². The highest BCUT2D eigenvalue weighted by Gasteiger charge is 2.14. The second-order valence-electron chi connectivity index (χ2n) is 4.60. The molecule has 1 unspecified atom stereocenters. The number of hydrogen-bond donors (Lipinski definition) is 2. The number of benzene rings is 2. The second kappa shape index (κ2) is 5.50. The van der Waals surface area contributed by atoms with Gasteiger partial charge in [-0.2, -0.15) is 0 Å². The van der Waals surface area contributed by atoms with Crippen LogP contribution >= 0.6 is 27.5 Å². The summed E-state index contributed by atoms with van der Waals surface area (Å²) in [7, 11) is 0. The maximum absolute atomic E-state index is 11.4. The summed E-state index contributed by atoms with van der Waals surface area (Å²) in [4.78, 5) is 27.8. The molecule has 0 aliphatic rings. The summed E-state index contributed by atoms with van der Waals surface area (Å²) in [5.41, 5.74) is 1.55. The van der Waals surface area contributed by atoms with Crippen LogP contribution < -0.4 is 11.1 Å². The highest BCUT2D eigenvalue weighted by Crippen LogP contribution is 2.34. The number of hydrogen-bond acceptors (Lipinski definition) is 2. The van der Waals surface area contributed by atoms with E-state index in [0.29, 0.717) is 11.0 Å². The molecule has 0 amide bonds. The Morgan fingerprint density at radius 2 is 1.62 bits per heavy atom. The molecule has 0 saturated heterocycles. The van der Waals surface area contributed by atoms with Crippen LogP contribution in [0.25, 0.3) is 11.0 Å². The smallest absolute Gasteiger partial charge is 0.314 e. The first-order chi connectivity index (χ1) is 10.1. The largest absolute Gasteiger partial charge is 0.316 e. The molecular weight excluding hydrogens is 356 g/mol. The third-order valence-electron chi connectivity index (χ3n) is 3.22. The van der Waals surface area contributed by atoms with E-state index in [-0.39, 0.29) is 5.38 Å². The van der Waals surface area contributed by atoms with Crippen LogP contribution in [0.4, 0.5) is 0 Å². The maximum Gasteiger partial charge on any atom is 0.314 e. The van der Waals surface area contributed by atoms with Crippen LogP contribution in [-0.4, -0.2) is 9.97 Å². The van der Waals surface area contributed by atoms with Gasteiger partial charge in [0.2, 0.25) is 0 Å². The third kappa shape index (κ3) is 2.66. The average Bonchev–Trinajstić information content (AvgIpc) is 2.48. The standard InChI is InChI=1S/C15H10BrClN2O2/c16-10-4-2-1-3-9(10)13(17)8-5-6-11-12(7-8)19-15(21)14(20)18-11/h1-7,13H,(H,18,20)(H,19,21). The molecule has 0 aliphatic heterocycles. The molecule has 1 heterocycles. The zero-order valence-corrected chi connectivity index (χ0v) is 13.0. The molecule has 0 spiro atoms. The fourth-order valence-corrected chi connectivity index (χ4v) is 3.12. The van der Waals surface area contributed by atoms with Crippen molar-refractivity contribution in [2.45, 2.75) is 5.38 Å².